The highest BCUT2D eigenvalue weighted by Crippen LogP contribution is 2.44. The zero-order chi connectivity index (χ0) is 25.8. The van der Waals surface area contributed by atoms with Crippen LogP contribution in [-0.4, -0.2) is 32.1 Å². The van der Waals surface area contributed by atoms with E-state index in [0.29, 0.717) is 17.9 Å². The minimum Gasteiger partial charge on any atom is -0.459 e. The van der Waals surface area contributed by atoms with Crippen LogP contribution in [0.2, 0.25) is 0 Å². The number of ether oxygens (including phenoxy) is 1. The van der Waals surface area contributed by atoms with Crippen LogP contribution in [0.15, 0.2) is 53.1 Å². The van der Waals surface area contributed by atoms with Crippen molar-refractivity contribution in [2.45, 2.75) is 66.3 Å². The number of hydrogen-bond acceptors (Lipinski definition) is 5. The third kappa shape index (κ3) is 3.98. The summed E-state index contributed by atoms with van der Waals surface area (Å²) in [5.74, 6) is 0.381. The summed E-state index contributed by atoms with van der Waals surface area (Å²) in [6.45, 7) is 11.8. The molecule has 7 heteroatoms. The Morgan fingerprint density at radius 3 is 2.44 bits per heavy atom. The topological polar surface area (TPSA) is 77.6 Å². The van der Waals surface area contributed by atoms with Crippen LogP contribution < -0.4 is 0 Å². The number of hydrogen-bond donors (Lipinski definition) is 0. The molecule has 0 N–H and O–H groups in total. The average molecular weight is 486 g/mol. The Kier molecular flexibility index (Phi) is 5.74. The molecular weight excluding hydrogens is 454 g/mol. The standard InChI is InChI=1S/C29H31N3O4/c1-17-23(19(3)36-30-17)15-32-27(20-11-7-8-12-21(20)28(32)34)26-18(2)31(16-25(33)35-29(4,5)6)24-14-10-9-13-22(24)26/h7-14,27H,15-16H2,1-6H3. The molecular formula is C29H31N3O4. The summed E-state index contributed by atoms with van der Waals surface area (Å²) in [7, 11) is 0. The number of carbonyl (C=O) groups is 2. The van der Waals surface area contributed by atoms with Gasteiger partial charge in [0, 0.05) is 33.3 Å². The highest BCUT2D eigenvalue weighted by molar-refractivity contribution is 6.01. The molecule has 2 aromatic carbocycles. The van der Waals surface area contributed by atoms with Gasteiger partial charge in [-0.1, -0.05) is 41.6 Å². The fraction of sp³-hybridized carbons (Fsp3) is 0.345. The lowest BCUT2D eigenvalue weighted by molar-refractivity contribution is -0.155. The highest BCUT2D eigenvalue weighted by atomic mass is 16.6. The molecule has 0 saturated carbocycles. The molecule has 7 nitrogen and oxygen atoms in total. The second-order valence-electron chi connectivity index (χ2n) is 10.4. The molecule has 0 saturated heterocycles. The summed E-state index contributed by atoms with van der Waals surface area (Å²) in [6.07, 6.45) is 0. The fourth-order valence-electron chi connectivity index (χ4n) is 5.25. The Labute approximate surface area is 210 Å². The minimum atomic E-state index is -0.571. The zero-order valence-electron chi connectivity index (χ0n) is 21.6. The van der Waals surface area contributed by atoms with E-state index < -0.39 is 5.60 Å². The first-order valence-electron chi connectivity index (χ1n) is 12.2. The van der Waals surface area contributed by atoms with Gasteiger partial charge in [-0.2, -0.15) is 0 Å². The molecule has 0 aliphatic carbocycles. The van der Waals surface area contributed by atoms with Gasteiger partial charge in [0.15, 0.2) is 0 Å². The maximum Gasteiger partial charge on any atom is 0.326 e. The Balaban J connectivity index is 1.67. The number of carbonyl (C=O) groups excluding carboxylic acids is 2. The Bertz CT molecular complexity index is 1470. The van der Waals surface area contributed by atoms with Crippen LogP contribution in [0.1, 0.15) is 71.0 Å². The maximum absolute atomic E-state index is 13.7. The highest BCUT2D eigenvalue weighted by Gasteiger charge is 2.40. The van der Waals surface area contributed by atoms with Gasteiger partial charge in [-0.15, -0.1) is 0 Å². The molecule has 2 aromatic heterocycles. The summed E-state index contributed by atoms with van der Waals surface area (Å²) in [5, 5.41) is 5.11. The van der Waals surface area contributed by atoms with Crippen LogP contribution >= 0.6 is 0 Å². The molecule has 0 radical (unpaired) electrons. The van der Waals surface area contributed by atoms with Crippen molar-refractivity contribution in [1.82, 2.24) is 14.6 Å². The van der Waals surface area contributed by atoms with E-state index in [1.807, 2.05) is 93.5 Å². The minimum absolute atomic E-state index is 0.0287. The Morgan fingerprint density at radius 1 is 1.06 bits per heavy atom. The summed E-state index contributed by atoms with van der Waals surface area (Å²) < 4.78 is 13.0. The molecule has 0 fully saturated rings. The molecule has 4 aromatic rings. The first-order valence-corrected chi connectivity index (χ1v) is 12.2. The van der Waals surface area contributed by atoms with Gasteiger partial charge < -0.3 is 18.7 Å². The normalized spacial score (nSPS) is 15.6. The van der Waals surface area contributed by atoms with E-state index in [0.717, 1.165) is 39.0 Å². The molecule has 5 rings (SSSR count). The lowest BCUT2D eigenvalue weighted by atomic mass is 9.95. The van der Waals surface area contributed by atoms with Crippen molar-refractivity contribution in [2.75, 3.05) is 0 Å². The van der Waals surface area contributed by atoms with Crippen molar-refractivity contribution in [3.63, 3.8) is 0 Å². The number of benzene rings is 2. The van der Waals surface area contributed by atoms with Gasteiger partial charge in [0.1, 0.15) is 17.9 Å². The summed E-state index contributed by atoms with van der Waals surface area (Å²) >= 11 is 0. The summed E-state index contributed by atoms with van der Waals surface area (Å²) in [4.78, 5) is 28.4. The number of aromatic nitrogens is 2. The van der Waals surface area contributed by atoms with Gasteiger partial charge in [0.25, 0.3) is 5.91 Å². The number of esters is 1. The van der Waals surface area contributed by atoms with Crippen molar-refractivity contribution < 1.29 is 18.8 Å². The third-order valence-corrected chi connectivity index (χ3v) is 6.83. The van der Waals surface area contributed by atoms with Gasteiger partial charge in [0.2, 0.25) is 0 Å². The van der Waals surface area contributed by atoms with Gasteiger partial charge in [0.05, 0.1) is 18.3 Å². The predicted octanol–water partition coefficient (Wildman–Crippen LogP) is 5.64. The summed E-state index contributed by atoms with van der Waals surface area (Å²) in [5.41, 5.74) is 5.65. The molecule has 1 atom stereocenters. The molecule has 0 spiro atoms. The van der Waals surface area contributed by atoms with E-state index in [1.165, 1.54) is 0 Å². The van der Waals surface area contributed by atoms with Crippen LogP contribution in [0.4, 0.5) is 0 Å². The molecule has 1 aliphatic rings. The first kappa shape index (κ1) is 23.9. The number of amides is 1. The molecule has 36 heavy (non-hydrogen) atoms. The van der Waals surface area contributed by atoms with Crippen LogP contribution in [-0.2, 0) is 22.6 Å². The van der Waals surface area contributed by atoms with Crippen molar-refractivity contribution in [2.24, 2.45) is 0 Å². The van der Waals surface area contributed by atoms with E-state index in [9.17, 15) is 9.59 Å². The average Bonchev–Trinajstić information content (AvgIpc) is 3.38. The molecule has 1 unspecified atom stereocenters. The van der Waals surface area contributed by atoms with Crippen molar-refractivity contribution >= 4 is 22.8 Å². The van der Waals surface area contributed by atoms with Crippen LogP contribution in [0.5, 0.6) is 0 Å². The molecule has 186 valence electrons. The SMILES string of the molecule is Cc1noc(C)c1CN1C(=O)c2ccccc2C1c1c(C)n(CC(=O)OC(C)(C)C)c2ccccc12. The van der Waals surface area contributed by atoms with E-state index >= 15 is 0 Å². The van der Waals surface area contributed by atoms with E-state index in [4.69, 9.17) is 9.26 Å². The van der Waals surface area contributed by atoms with Crippen LogP contribution in [0.3, 0.4) is 0 Å². The maximum atomic E-state index is 13.7. The Morgan fingerprint density at radius 2 is 1.75 bits per heavy atom. The van der Waals surface area contributed by atoms with E-state index in [2.05, 4.69) is 11.2 Å². The lowest BCUT2D eigenvalue weighted by Gasteiger charge is -2.26. The van der Waals surface area contributed by atoms with E-state index in [-0.39, 0.29) is 24.5 Å². The monoisotopic (exact) mass is 485 g/mol. The van der Waals surface area contributed by atoms with Crippen LogP contribution in [0, 0.1) is 20.8 Å². The van der Waals surface area contributed by atoms with Gasteiger partial charge in [-0.3, -0.25) is 9.59 Å². The molecule has 3 heterocycles. The van der Waals surface area contributed by atoms with Gasteiger partial charge in [-0.25, -0.2) is 0 Å². The van der Waals surface area contributed by atoms with Crippen molar-refractivity contribution in [3.05, 3.63) is 87.9 Å². The van der Waals surface area contributed by atoms with Gasteiger partial charge in [-0.05, 0) is 59.2 Å². The van der Waals surface area contributed by atoms with Gasteiger partial charge >= 0.3 is 5.97 Å². The fourth-order valence-corrected chi connectivity index (χ4v) is 5.25. The predicted molar refractivity (Wildman–Crippen MR) is 137 cm³/mol. The summed E-state index contributed by atoms with van der Waals surface area (Å²) in [6, 6.07) is 15.5. The second-order valence-corrected chi connectivity index (χ2v) is 10.4. The number of nitrogens with zero attached hydrogens (tertiary/aromatic N) is 3. The molecule has 1 amide bonds. The lowest BCUT2D eigenvalue weighted by Crippen LogP contribution is -2.29. The third-order valence-electron chi connectivity index (χ3n) is 6.83. The number of para-hydroxylation sites is 1. The smallest absolute Gasteiger partial charge is 0.326 e. The first-order chi connectivity index (χ1) is 17.1. The van der Waals surface area contributed by atoms with Crippen LogP contribution in [0.25, 0.3) is 10.9 Å². The largest absolute Gasteiger partial charge is 0.459 e. The molecule has 1 aliphatic heterocycles. The van der Waals surface area contributed by atoms with E-state index in [1.54, 1.807) is 0 Å². The quantitative estimate of drug-likeness (QED) is 0.342. The zero-order valence-corrected chi connectivity index (χ0v) is 21.6. The Hall–Kier alpha value is -3.87. The van der Waals surface area contributed by atoms with Crippen molar-refractivity contribution in [3.8, 4) is 0 Å². The molecule has 0 bridgehead atoms. The van der Waals surface area contributed by atoms with Crippen molar-refractivity contribution in [1.29, 1.82) is 0 Å². The number of fused-ring (bicyclic) bond motifs is 2. The number of rotatable bonds is 5. The number of aryl methyl sites for hydroxylation is 2. The second kappa shape index (κ2) is 8.66.